The van der Waals surface area contributed by atoms with Crippen LogP contribution in [-0.4, -0.2) is 56.9 Å². The average molecular weight is 453 g/mol. The molecule has 0 radical (unpaired) electrons. The van der Waals surface area contributed by atoms with Crippen LogP contribution in [0.4, 0.5) is 10.6 Å². The van der Waals surface area contributed by atoms with Crippen molar-refractivity contribution in [1.82, 2.24) is 19.5 Å². The predicted molar refractivity (Wildman–Crippen MR) is 103 cm³/mol. The van der Waals surface area contributed by atoms with Crippen molar-refractivity contribution in [2.24, 2.45) is 0 Å². The van der Waals surface area contributed by atoms with Gasteiger partial charge in [0.25, 0.3) is 0 Å². The third-order valence-corrected chi connectivity index (χ3v) is 6.02. The molecule has 2 saturated heterocycles. The number of nitrogens with zero attached hydrogens (tertiary/aromatic N) is 4. The Morgan fingerprint density at radius 3 is 3.03 bits per heavy atom. The van der Waals surface area contributed by atoms with E-state index >= 15 is 0 Å². The zero-order valence-corrected chi connectivity index (χ0v) is 17.6. The first-order valence-corrected chi connectivity index (χ1v) is 10.7. The fourth-order valence-electron chi connectivity index (χ4n) is 3.21. The zero-order valence-electron chi connectivity index (χ0n) is 16.7. The number of terminal acetylenes is 1. The molecule has 31 heavy (non-hydrogen) atoms. The molecule has 13 nitrogen and oxygen atoms in total. The van der Waals surface area contributed by atoms with Gasteiger partial charge in [0, 0.05) is 6.42 Å². The molecule has 4 rings (SSSR count). The van der Waals surface area contributed by atoms with Crippen LogP contribution >= 0.6 is 7.82 Å². The second-order valence-electron chi connectivity index (χ2n) is 7.05. The summed E-state index contributed by atoms with van der Waals surface area (Å²) in [6.45, 7) is 2.35. The van der Waals surface area contributed by atoms with Crippen molar-refractivity contribution < 1.29 is 37.1 Å². The van der Waals surface area contributed by atoms with Gasteiger partial charge in [0.15, 0.2) is 17.1 Å². The third kappa shape index (κ3) is 4.08. The Labute approximate surface area is 176 Å². The fourth-order valence-corrected chi connectivity index (χ4v) is 4.51. The van der Waals surface area contributed by atoms with Gasteiger partial charge in [-0.05, 0) is 13.8 Å². The molecule has 166 valence electrons. The molecule has 4 atom stereocenters. The van der Waals surface area contributed by atoms with Gasteiger partial charge in [-0.3, -0.25) is 13.6 Å². The monoisotopic (exact) mass is 453 g/mol. The lowest BCUT2D eigenvalue weighted by atomic mass is 9.99. The molecule has 2 N–H and O–H groups in total. The van der Waals surface area contributed by atoms with Crippen molar-refractivity contribution in [2.45, 2.75) is 44.3 Å². The molecule has 2 aromatic heterocycles. The van der Waals surface area contributed by atoms with Gasteiger partial charge in [-0.2, -0.15) is 0 Å². The number of aromatic nitrogens is 4. The molecule has 0 bridgehead atoms. The van der Waals surface area contributed by atoms with Crippen LogP contribution in [0.2, 0.25) is 0 Å². The Morgan fingerprint density at radius 2 is 2.29 bits per heavy atom. The minimum Gasteiger partial charge on any atom is -0.432 e. The van der Waals surface area contributed by atoms with E-state index in [0.717, 1.165) is 0 Å². The number of rotatable bonds is 5. The van der Waals surface area contributed by atoms with Crippen LogP contribution in [-0.2, 0) is 32.3 Å². The highest BCUT2D eigenvalue weighted by atomic mass is 31.2. The summed E-state index contributed by atoms with van der Waals surface area (Å²) >= 11 is 0. The molecule has 2 aliphatic heterocycles. The summed E-state index contributed by atoms with van der Waals surface area (Å²) < 4.78 is 45.8. The van der Waals surface area contributed by atoms with Crippen LogP contribution in [0.1, 0.15) is 26.5 Å². The lowest BCUT2D eigenvalue weighted by Gasteiger charge is -2.36. The van der Waals surface area contributed by atoms with Crippen molar-refractivity contribution in [3.63, 3.8) is 0 Å². The van der Waals surface area contributed by atoms with E-state index in [4.69, 9.17) is 39.9 Å². The van der Waals surface area contributed by atoms with Crippen molar-refractivity contribution in [3.8, 4) is 12.3 Å². The summed E-state index contributed by atoms with van der Waals surface area (Å²) in [5.41, 5.74) is 5.37. The standard InChI is InChI=1S/C17H20N5O8P/c1-4-17-6-26-31(24,27-9-25-16(23)28-10(2)3)30-11(17)5-12(29-17)22-8-21-13-14(18)19-7-20-15(13)22/h1,7-8,10-12H,5-6,9H2,2-3H3,(H2,18,19,20)/t11-,12-,17-,31?/m1/s1. The smallest absolute Gasteiger partial charge is 0.432 e. The van der Waals surface area contributed by atoms with Gasteiger partial charge in [0.05, 0.1) is 12.4 Å². The first-order valence-electron chi connectivity index (χ1n) is 9.25. The van der Waals surface area contributed by atoms with Crippen molar-refractivity contribution in [3.05, 3.63) is 12.7 Å². The number of phosphoric ester groups is 1. The van der Waals surface area contributed by atoms with Gasteiger partial charge < -0.3 is 19.9 Å². The van der Waals surface area contributed by atoms with E-state index in [1.807, 2.05) is 0 Å². The highest BCUT2D eigenvalue weighted by Crippen LogP contribution is 2.59. The molecule has 0 saturated carbocycles. The first-order chi connectivity index (χ1) is 14.8. The maximum Gasteiger partial charge on any atom is 0.510 e. The van der Waals surface area contributed by atoms with Gasteiger partial charge in [-0.15, -0.1) is 6.42 Å². The van der Waals surface area contributed by atoms with E-state index in [-0.39, 0.29) is 24.9 Å². The summed E-state index contributed by atoms with van der Waals surface area (Å²) in [6, 6.07) is 0. The number of carbonyl (C=O) groups excluding carboxylic acids is 1. The molecule has 2 fully saturated rings. The third-order valence-electron chi connectivity index (χ3n) is 4.64. The number of nitrogens with two attached hydrogens (primary N) is 1. The summed E-state index contributed by atoms with van der Waals surface area (Å²) in [7, 11) is -4.07. The molecule has 0 spiro atoms. The largest absolute Gasteiger partial charge is 0.510 e. The van der Waals surface area contributed by atoms with Crippen molar-refractivity contribution in [1.29, 1.82) is 0 Å². The SMILES string of the molecule is C#C[C@@]12COP(=O)(OCOC(=O)OC(C)C)O[C@@H]1C[C@H](n1cnc3c(N)ncnc31)O2. The molecule has 1 unspecified atom stereocenters. The number of nitrogen functional groups attached to an aromatic ring is 1. The second kappa shape index (κ2) is 8.07. The number of carbonyl (C=O) groups is 1. The Kier molecular flexibility index (Phi) is 5.59. The molecule has 0 aromatic carbocycles. The van der Waals surface area contributed by atoms with Crippen LogP contribution in [0.25, 0.3) is 11.2 Å². The molecule has 14 heteroatoms. The van der Waals surface area contributed by atoms with Gasteiger partial charge in [-0.25, -0.2) is 28.8 Å². The number of anilines is 1. The van der Waals surface area contributed by atoms with Gasteiger partial charge >= 0.3 is 14.0 Å². The van der Waals surface area contributed by atoms with E-state index in [1.165, 1.54) is 12.7 Å². The average Bonchev–Trinajstić information content (AvgIpc) is 3.29. The van der Waals surface area contributed by atoms with E-state index < -0.39 is 38.7 Å². The zero-order chi connectivity index (χ0) is 22.2. The molecule has 0 amide bonds. The summed E-state index contributed by atoms with van der Waals surface area (Å²) in [4.78, 5) is 23.7. The highest BCUT2D eigenvalue weighted by Gasteiger charge is 2.57. The van der Waals surface area contributed by atoms with E-state index in [1.54, 1.807) is 18.4 Å². The minimum absolute atomic E-state index is 0.201. The van der Waals surface area contributed by atoms with Gasteiger partial charge in [-0.1, -0.05) is 5.92 Å². The summed E-state index contributed by atoms with van der Waals surface area (Å²) in [5.74, 6) is 2.74. The van der Waals surface area contributed by atoms with Gasteiger partial charge in [0.2, 0.25) is 6.79 Å². The highest BCUT2D eigenvalue weighted by molar-refractivity contribution is 7.48. The Balaban J connectivity index is 1.46. The normalized spacial score (nSPS) is 30.1. The number of ether oxygens (including phenoxy) is 3. The molecule has 4 heterocycles. The number of phosphoric acid groups is 1. The molecule has 2 aliphatic rings. The fraction of sp³-hybridized carbons (Fsp3) is 0.529. The first kappa shape index (κ1) is 21.5. The maximum absolute atomic E-state index is 12.8. The molecular weight excluding hydrogens is 433 g/mol. The van der Waals surface area contributed by atoms with Crippen molar-refractivity contribution >= 4 is 31.0 Å². The lowest BCUT2D eigenvalue weighted by Crippen LogP contribution is -2.46. The Hall–Kier alpha value is -2.75. The van der Waals surface area contributed by atoms with Crippen molar-refractivity contribution in [2.75, 3.05) is 19.1 Å². The predicted octanol–water partition coefficient (Wildman–Crippen LogP) is 1.76. The van der Waals surface area contributed by atoms with Crippen LogP contribution < -0.4 is 5.73 Å². The van der Waals surface area contributed by atoms with Crippen LogP contribution in [0.3, 0.4) is 0 Å². The summed E-state index contributed by atoms with van der Waals surface area (Å²) in [5, 5.41) is 0. The number of hydrogen-bond acceptors (Lipinski definition) is 12. The van der Waals surface area contributed by atoms with Crippen LogP contribution in [0, 0.1) is 12.3 Å². The Bertz CT molecular complexity index is 1080. The molecule has 2 aromatic rings. The number of hydrogen-bond donors (Lipinski definition) is 1. The summed E-state index contributed by atoms with van der Waals surface area (Å²) in [6.07, 6.45) is 5.85. The minimum atomic E-state index is -4.07. The van der Waals surface area contributed by atoms with E-state index in [2.05, 4.69) is 20.9 Å². The topological polar surface area (TPSA) is 159 Å². The number of fused-ring (bicyclic) bond motifs is 2. The van der Waals surface area contributed by atoms with Gasteiger partial charge in [0.1, 0.15) is 30.8 Å². The quantitative estimate of drug-likeness (QED) is 0.303. The number of imidazole rings is 1. The molecular formula is C17H20N5O8P. The Morgan fingerprint density at radius 1 is 1.48 bits per heavy atom. The lowest BCUT2D eigenvalue weighted by molar-refractivity contribution is -0.118. The van der Waals surface area contributed by atoms with E-state index in [9.17, 15) is 9.36 Å². The molecule has 0 aliphatic carbocycles. The van der Waals surface area contributed by atoms with Crippen LogP contribution in [0.5, 0.6) is 0 Å². The van der Waals surface area contributed by atoms with E-state index in [0.29, 0.717) is 11.2 Å². The maximum atomic E-state index is 12.8. The van der Waals surface area contributed by atoms with Crippen LogP contribution in [0.15, 0.2) is 12.7 Å². The second-order valence-corrected chi connectivity index (χ2v) is 8.67.